The van der Waals surface area contributed by atoms with Gasteiger partial charge in [-0.15, -0.1) is 0 Å². The third-order valence-electron chi connectivity index (χ3n) is 3.60. The number of methoxy groups -OCH3 is 1. The van der Waals surface area contributed by atoms with Gasteiger partial charge in [0.05, 0.1) is 17.9 Å². The molecule has 0 aromatic heterocycles. The molecule has 0 unspecified atom stereocenters. The second kappa shape index (κ2) is 7.71. The van der Waals surface area contributed by atoms with E-state index in [1.807, 2.05) is 0 Å². The van der Waals surface area contributed by atoms with Gasteiger partial charge < -0.3 is 10.1 Å². The highest BCUT2D eigenvalue weighted by molar-refractivity contribution is 7.89. The molecule has 1 amide bonds. The highest BCUT2D eigenvalue weighted by Gasteiger charge is 2.26. The van der Waals surface area contributed by atoms with Gasteiger partial charge in [0, 0.05) is 25.9 Å². The lowest BCUT2D eigenvalue weighted by atomic mass is 10.2. The minimum absolute atomic E-state index is 0.200. The predicted octanol–water partition coefficient (Wildman–Crippen LogP) is 1.84. The molecule has 22 heavy (non-hydrogen) atoms. The quantitative estimate of drug-likeness (QED) is 0.865. The molecule has 1 heterocycles. The van der Waals surface area contributed by atoms with Gasteiger partial charge in [0.1, 0.15) is 0 Å². The second-order valence-corrected chi connectivity index (χ2v) is 7.22. The zero-order valence-corrected chi connectivity index (χ0v) is 13.6. The van der Waals surface area contributed by atoms with Crippen LogP contribution in [0.1, 0.15) is 25.7 Å². The summed E-state index contributed by atoms with van der Waals surface area (Å²) in [4.78, 5) is 11.9. The first-order valence-corrected chi connectivity index (χ1v) is 8.87. The third kappa shape index (κ3) is 4.28. The van der Waals surface area contributed by atoms with E-state index in [9.17, 15) is 13.2 Å². The fraction of sp³-hybridized carbons (Fsp3) is 0.533. The summed E-state index contributed by atoms with van der Waals surface area (Å²) < 4.78 is 31.5. The van der Waals surface area contributed by atoms with E-state index < -0.39 is 10.0 Å². The van der Waals surface area contributed by atoms with Crippen LogP contribution in [0.2, 0.25) is 0 Å². The summed E-state index contributed by atoms with van der Waals surface area (Å²) in [6, 6.07) is 6.39. The second-order valence-electron chi connectivity index (χ2n) is 5.28. The van der Waals surface area contributed by atoms with Crippen LogP contribution in [-0.4, -0.2) is 45.4 Å². The number of ether oxygens (including phenoxy) is 1. The SMILES string of the molecule is COCCC(=O)Nc1cccc(S(=O)(=O)N2CCCCC2)c1. The van der Waals surface area contributed by atoms with Gasteiger partial charge in [-0.3, -0.25) is 4.79 Å². The Labute approximate surface area is 131 Å². The fourth-order valence-electron chi connectivity index (χ4n) is 2.41. The summed E-state index contributed by atoms with van der Waals surface area (Å²) in [6.07, 6.45) is 3.10. The number of nitrogens with one attached hydrogen (secondary N) is 1. The van der Waals surface area contributed by atoms with Crippen LogP contribution >= 0.6 is 0 Å². The largest absolute Gasteiger partial charge is 0.384 e. The van der Waals surface area contributed by atoms with E-state index in [1.54, 1.807) is 18.2 Å². The number of amides is 1. The molecule has 1 N–H and O–H groups in total. The Morgan fingerprint density at radius 2 is 2.00 bits per heavy atom. The van der Waals surface area contributed by atoms with Crippen molar-refractivity contribution in [1.29, 1.82) is 0 Å². The van der Waals surface area contributed by atoms with E-state index in [2.05, 4.69) is 5.32 Å². The molecule has 1 saturated heterocycles. The van der Waals surface area contributed by atoms with Crippen molar-refractivity contribution in [1.82, 2.24) is 4.31 Å². The van der Waals surface area contributed by atoms with Crippen LogP contribution in [0.25, 0.3) is 0 Å². The third-order valence-corrected chi connectivity index (χ3v) is 5.50. The summed E-state index contributed by atoms with van der Waals surface area (Å²) in [7, 11) is -1.95. The minimum Gasteiger partial charge on any atom is -0.384 e. The molecule has 0 radical (unpaired) electrons. The lowest BCUT2D eigenvalue weighted by Gasteiger charge is -2.26. The topological polar surface area (TPSA) is 75.7 Å². The lowest BCUT2D eigenvalue weighted by Crippen LogP contribution is -2.35. The van der Waals surface area contributed by atoms with Crippen molar-refractivity contribution in [3.63, 3.8) is 0 Å². The van der Waals surface area contributed by atoms with Crippen LogP contribution in [0.5, 0.6) is 0 Å². The van der Waals surface area contributed by atoms with E-state index in [0.717, 1.165) is 19.3 Å². The predicted molar refractivity (Wildman–Crippen MR) is 84.2 cm³/mol. The first kappa shape index (κ1) is 16.9. The number of hydrogen-bond acceptors (Lipinski definition) is 4. The maximum absolute atomic E-state index is 12.6. The number of rotatable bonds is 6. The van der Waals surface area contributed by atoms with E-state index in [4.69, 9.17) is 4.74 Å². The van der Waals surface area contributed by atoms with Gasteiger partial charge in [-0.05, 0) is 31.0 Å². The van der Waals surface area contributed by atoms with Crippen LogP contribution in [0.4, 0.5) is 5.69 Å². The van der Waals surface area contributed by atoms with Crippen LogP contribution in [-0.2, 0) is 19.6 Å². The van der Waals surface area contributed by atoms with Crippen LogP contribution in [0.3, 0.4) is 0 Å². The highest BCUT2D eigenvalue weighted by Crippen LogP contribution is 2.22. The monoisotopic (exact) mass is 326 g/mol. The maximum atomic E-state index is 12.6. The summed E-state index contributed by atoms with van der Waals surface area (Å²) >= 11 is 0. The van der Waals surface area contributed by atoms with Gasteiger partial charge in [-0.2, -0.15) is 4.31 Å². The molecular formula is C15H22N2O4S. The van der Waals surface area contributed by atoms with Crippen LogP contribution < -0.4 is 5.32 Å². The van der Waals surface area contributed by atoms with Crippen molar-refractivity contribution in [2.24, 2.45) is 0 Å². The molecule has 0 bridgehead atoms. The Morgan fingerprint density at radius 1 is 1.27 bits per heavy atom. The Hall–Kier alpha value is -1.44. The number of benzene rings is 1. The maximum Gasteiger partial charge on any atom is 0.243 e. The number of sulfonamides is 1. The van der Waals surface area contributed by atoms with Crippen molar-refractivity contribution < 1.29 is 17.9 Å². The van der Waals surface area contributed by atoms with Crippen molar-refractivity contribution >= 4 is 21.6 Å². The Morgan fingerprint density at radius 3 is 2.68 bits per heavy atom. The molecule has 0 spiro atoms. The molecule has 7 heteroatoms. The van der Waals surface area contributed by atoms with Crippen LogP contribution in [0.15, 0.2) is 29.2 Å². The molecule has 6 nitrogen and oxygen atoms in total. The summed E-state index contributed by atoms with van der Waals surface area (Å²) in [6.45, 7) is 1.46. The molecule has 1 fully saturated rings. The standard InChI is InChI=1S/C15H22N2O4S/c1-21-11-8-15(18)16-13-6-5-7-14(12-13)22(19,20)17-9-3-2-4-10-17/h5-7,12H,2-4,8-11H2,1H3,(H,16,18). The number of carbonyl (C=O) groups is 1. The van der Waals surface area contributed by atoms with E-state index in [0.29, 0.717) is 25.4 Å². The molecule has 1 aliphatic rings. The van der Waals surface area contributed by atoms with Gasteiger partial charge >= 0.3 is 0 Å². The number of anilines is 1. The molecule has 122 valence electrons. The summed E-state index contributed by atoms with van der Waals surface area (Å²) in [5.41, 5.74) is 0.485. The highest BCUT2D eigenvalue weighted by atomic mass is 32.2. The van der Waals surface area contributed by atoms with Crippen molar-refractivity contribution in [2.75, 3.05) is 32.1 Å². The average molecular weight is 326 g/mol. The lowest BCUT2D eigenvalue weighted by molar-refractivity contribution is -0.117. The van der Waals surface area contributed by atoms with Crippen molar-refractivity contribution in [3.8, 4) is 0 Å². The summed E-state index contributed by atoms with van der Waals surface area (Å²) in [5, 5.41) is 2.69. The van der Waals surface area contributed by atoms with E-state index >= 15 is 0 Å². The number of carbonyl (C=O) groups excluding carboxylic acids is 1. The fourth-order valence-corrected chi connectivity index (χ4v) is 3.97. The molecular weight excluding hydrogens is 304 g/mol. The minimum atomic E-state index is -3.48. The Kier molecular flexibility index (Phi) is 5.93. The first-order valence-electron chi connectivity index (χ1n) is 7.43. The molecule has 2 rings (SSSR count). The Balaban J connectivity index is 2.11. The smallest absolute Gasteiger partial charge is 0.243 e. The molecule has 0 atom stereocenters. The van der Waals surface area contributed by atoms with E-state index in [-0.39, 0.29) is 17.2 Å². The molecule has 0 aliphatic carbocycles. The number of hydrogen-bond donors (Lipinski definition) is 1. The molecule has 1 aromatic carbocycles. The zero-order valence-electron chi connectivity index (χ0n) is 12.7. The zero-order chi connectivity index (χ0) is 16.0. The van der Waals surface area contributed by atoms with Gasteiger partial charge in [0.15, 0.2) is 0 Å². The summed E-state index contributed by atoms with van der Waals surface area (Å²) in [5.74, 6) is -0.200. The Bertz CT molecular complexity index is 610. The number of piperidine rings is 1. The van der Waals surface area contributed by atoms with Gasteiger partial charge in [0.2, 0.25) is 15.9 Å². The van der Waals surface area contributed by atoms with Gasteiger partial charge in [-0.25, -0.2) is 8.42 Å². The number of nitrogens with zero attached hydrogens (tertiary/aromatic N) is 1. The molecule has 1 aliphatic heterocycles. The van der Waals surface area contributed by atoms with Gasteiger partial charge in [-0.1, -0.05) is 12.5 Å². The van der Waals surface area contributed by atoms with Gasteiger partial charge in [0.25, 0.3) is 0 Å². The van der Waals surface area contributed by atoms with E-state index in [1.165, 1.54) is 17.5 Å². The first-order chi connectivity index (χ1) is 10.5. The average Bonchev–Trinajstić information content (AvgIpc) is 2.54. The molecule has 0 saturated carbocycles. The molecule has 1 aromatic rings. The van der Waals surface area contributed by atoms with Crippen molar-refractivity contribution in [2.45, 2.75) is 30.6 Å². The normalized spacial score (nSPS) is 16.4. The van der Waals surface area contributed by atoms with Crippen molar-refractivity contribution in [3.05, 3.63) is 24.3 Å². The van der Waals surface area contributed by atoms with Crippen LogP contribution in [0, 0.1) is 0 Å².